The van der Waals surface area contributed by atoms with Gasteiger partial charge in [0, 0.05) is 24.8 Å². The van der Waals surface area contributed by atoms with Crippen molar-refractivity contribution >= 4 is 23.8 Å². The summed E-state index contributed by atoms with van der Waals surface area (Å²) in [5.41, 5.74) is 0.865. The molecule has 0 aliphatic carbocycles. The first-order chi connectivity index (χ1) is 11.0. The lowest BCUT2D eigenvalue weighted by molar-refractivity contribution is 0.642. The highest BCUT2D eigenvalue weighted by Crippen LogP contribution is 2.23. The molecule has 0 aliphatic heterocycles. The van der Waals surface area contributed by atoms with Crippen LogP contribution in [0.15, 0.2) is 35.3 Å². The summed E-state index contributed by atoms with van der Waals surface area (Å²) in [5, 5.41) is 27.4. The third-order valence-corrected chi connectivity index (χ3v) is 3.21. The van der Waals surface area contributed by atoms with Gasteiger partial charge in [-0.1, -0.05) is 11.6 Å². The average Bonchev–Trinajstić information content (AvgIpc) is 2.54. The maximum absolute atomic E-state index is 9.37. The van der Waals surface area contributed by atoms with E-state index in [0.717, 1.165) is 0 Å². The molecule has 1 aromatic carbocycles. The van der Waals surface area contributed by atoms with Gasteiger partial charge in [0.25, 0.3) is 0 Å². The highest BCUT2D eigenvalue weighted by Gasteiger charge is 2.13. The Hall–Kier alpha value is -3.09. The van der Waals surface area contributed by atoms with Gasteiger partial charge in [0.05, 0.1) is 17.5 Å². The van der Waals surface area contributed by atoms with Gasteiger partial charge in [-0.3, -0.25) is 9.98 Å². The normalized spacial score (nSPS) is 10.3. The average molecular weight is 325 g/mol. The number of nitriles is 2. The Bertz CT molecular complexity index is 894. The topological polar surface area (TPSA) is 92.0 Å². The lowest BCUT2D eigenvalue weighted by Gasteiger charge is -2.14. The molecule has 0 saturated heterocycles. The minimum atomic E-state index is -0.0419. The van der Waals surface area contributed by atoms with Crippen LogP contribution in [-0.2, 0) is 0 Å². The maximum atomic E-state index is 9.37. The van der Waals surface area contributed by atoms with Gasteiger partial charge in [0.2, 0.25) is 0 Å². The second kappa shape index (κ2) is 6.78. The van der Waals surface area contributed by atoms with Crippen LogP contribution in [-0.4, -0.2) is 29.9 Å². The minimum Gasteiger partial charge on any atom is -0.369 e. The number of rotatable bonds is 3. The van der Waals surface area contributed by atoms with E-state index in [2.05, 4.69) is 4.99 Å². The molecule has 0 bridgehead atoms. The van der Waals surface area contributed by atoms with Gasteiger partial charge in [-0.15, -0.1) is 0 Å². The fourth-order valence-corrected chi connectivity index (χ4v) is 2.06. The number of aromatic nitrogens is 1. The van der Waals surface area contributed by atoms with E-state index in [0.29, 0.717) is 10.7 Å². The van der Waals surface area contributed by atoms with Gasteiger partial charge >= 0.3 is 0 Å². The van der Waals surface area contributed by atoms with Gasteiger partial charge in [-0.2, -0.15) is 10.5 Å². The third-order valence-electron chi connectivity index (χ3n) is 2.96. The quantitative estimate of drug-likeness (QED) is 0.694. The number of nitrogens with one attached hydrogen (secondary N) is 1. The first-order valence-corrected chi connectivity index (χ1v) is 6.97. The molecular formula is C16H13ClN6. The predicted octanol–water partition coefficient (Wildman–Crippen LogP) is 2.57. The smallest absolute Gasteiger partial charge is 0.158 e. The lowest BCUT2D eigenvalue weighted by atomic mass is 10.2. The molecule has 0 saturated carbocycles. The number of hydrogen-bond acceptors (Lipinski definition) is 4. The number of hydrogen-bond donors (Lipinski definition) is 1. The first-order valence-electron chi connectivity index (χ1n) is 6.59. The summed E-state index contributed by atoms with van der Waals surface area (Å²) in [6, 6.07) is 12.1. The molecule has 114 valence electrons. The molecule has 0 aliphatic rings. The zero-order valence-electron chi connectivity index (χ0n) is 12.6. The second-order valence-electron chi connectivity index (χ2n) is 4.89. The molecule has 7 heteroatoms. The van der Waals surface area contributed by atoms with Crippen LogP contribution in [0.5, 0.6) is 0 Å². The monoisotopic (exact) mass is 324 g/mol. The van der Waals surface area contributed by atoms with E-state index >= 15 is 0 Å². The first kappa shape index (κ1) is 16.3. The molecule has 1 N–H and O–H groups in total. The Morgan fingerprint density at radius 2 is 1.78 bits per heavy atom. The van der Waals surface area contributed by atoms with Crippen LogP contribution in [0.2, 0.25) is 5.02 Å². The molecule has 2 rings (SSSR count). The molecule has 6 nitrogen and oxygen atoms in total. The highest BCUT2D eigenvalue weighted by molar-refractivity contribution is 6.30. The van der Waals surface area contributed by atoms with Crippen LogP contribution in [0.3, 0.4) is 0 Å². The Morgan fingerprint density at radius 3 is 2.30 bits per heavy atom. The Labute approximate surface area is 138 Å². The van der Waals surface area contributed by atoms with Crippen LogP contribution in [0.25, 0.3) is 5.69 Å². The predicted molar refractivity (Wildman–Crippen MR) is 87.9 cm³/mol. The van der Waals surface area contributed by atoms with Crippen LogP contribution < -0.4 is 5.49 Å². The number of aliphatic imine (C=N–C) groups is 1. The van der Waals surface area contributed by atoms with Crippen molar-refractivity contribution in [3.05, 3.63) is 52.0 Å². The molecule has 2 aromatic rings. The number of nitrogens with zero attached hydrogens (tertiary/aromatic N) is 5. The van der Waals surface area contributed by atoms with Gasteiger partial charge < -0.3 is 4.90 Å². The van der Waals surface area contributed by atoms with E-state index in [-0.39, 0.29) is 22.4 Å². The second-order valence-corrected chi connectivity index (χ2v) is 5.32. The molecular weight excluding hydrogens is 312 g/mol. The summed E-state index contributed by atoms with van der Waals surface area (Å²) in [5.74, 6) is 0.285. The van der Waals surface area contributed by atoms with E-state index in [1.807, 2.05) is 12.1 Å². The van der Waals surface area contributed by atoms with E-state index in [1.165, 1.54) is 17.0 Å². The molecule has 23 heavy (non-hydrogen) atoms. The molecule has 0 unspecified atom stereocenters. The molecule has 0 amide bonds. The van der Waals surface area contributed by atoms with Crippen molar-refractivity contribution in [2.75, 3.05) is 14.1 Å². The van der Waals surface area contributed by atoms with Crippen molar-refractivity contribution in [2.24, 2.45) is 4.99 Å². The maximum Gasteiger partial charge on any atom is 0.158 e. The fraction of sp³-hybridized carbons (Fsp3) is 0.125. The zero-order valence-corrected chi connectivity index (χ0v) is 13.3. The van der Waals surface area contributed by atoms with Gasteiger partial charge in [-0.25, -0.2) is 4.99 Å². The van der Waals surface area contributed by atoms with Crippen LogP contribution in [0.4, 0.5) is 5.82 Å². The van der Waals surface area contributed by atoms with Crippen molar-refractivity contribution < 1.29 is 0 Å². The van der Waals surface area contributed by atoms with Crippen molar-refractivity contribution in [1.29, 1.82) is 15.9 Å². The van der Waals surface area contributed by atoms with Crippen molar-refractivity contribution in [3.63, 3.8) is 0 Å². The largest absolute Gasteiger partial charge is 0.369 e. The summed E-state index contributed by atoms with van der Waals surface area (Å²) < 4.78 is 1.45. The van der Waals surface area contributed by atoms with E-state index < -0.39 is 0 Å². The summed E-state index contributed by atoms with van der Waals surface area (Å²) in [7, 11) is 3.60. The summed E-state index contributed by atoms with van der Waals surface area (Å²) in [6.07, 6.45) is 1.54. The molecule has 1 heterocycles. The van der Waals surface area contributed by atoms with Crippen molar-refractivity contribution in [3.8, 4) is 17.8 Å². The third kappa shape index (κ3) is 3.39. The van der Waals surface area contributed by atoms with E-state index in [4.69, 9.17) is 17.0 Å². The number of halogens is 1. The molecule has 0 radical (unpaired) electrons. The van der Waals surface area contributed by atoms with Gasteiger partial charge in [0.1, 0.15) is 17.6 Å². The van der Waals surface area contributed by atoms with Crippen molar-refractivity contribution in [2.45, 2.75) is 0 Å². The Kier molecular flexibility index (Phi) is 4.80. The Balaban J connectivity index is 2.86. The molecule has 0 fully saturated rings. The number of benzene rings is 1. The minimum absolute atomic E-state index is 0.0419. The highest BCUT2D eigenvalue weighted by atomic mass is 35.5. The molecule has 0 spiro atoms. The summed E-state index contributed by atoms with van der Waals surface area (Å²) in [4.78, 5) is 6.01. The van der Waals surface area contributed by atoms with Crippen LogP contribution >= 0.6 is 11.6 Å². The molecule has 0 atom stereocenters. The molecule has 1 aromatic heterocycles. The van der Waals surface area contributed by atoms with Crippen LogP contribution in [0, 0.1) is 28.1 Å². The van der Waals surface area contributed by atoms with E-state index in [1.54, 1.807) is 43.3 Å². The fourth-order valence-electron chi connectivity index (χ4n) is 1.93. The van der Waals surface area contributed by atoms with E-state index in [9.17, 15) is 10.5 Å². The van der Waals surface area contributed by atoms with Gasteiger partial charge in [-0.05, 0) is 30.3 Å². The van der Waals surface area contributed by atoms with Gasteiger partial charge in [0.15, 0.2) is 5.82 Å². The SMILES string of the molecule is CN(C)/C=N/c1c(C#N)cc(C#N)c(=N)n1-c1ccc(Cl)cc1. The standard InChI is InChI=1S/C16H13ClN6/c1-22(2)10-21-16-12(9-19)7-11(8-18)15(20)23(16)14-5-3-13(17)4-6-14/h3-7,10,20H,1-2H3/b20-15?,21-10+. The summed E-state index contributed by atoms with van der Waals surface area (Å²) in [6.45, 7) is 0. The van der Waals surface area contributed by atoms with Crippen LogP contribution in [0.1, 0.15) is 11.1 Å². The van der Waals surface area contributed by atoms with Crippen molar-refractivity contribution in [1.82, 2.24) is 9.47 Å². The summed E-state index contributed by atoms with van der Waals surface area (Å²) >= 11 is 5.90. The Morgan fingerprint density at radius 1 is 1.17 bits per heavy atom. The zero-order chi connectivity index (χ0) is 17.0. The number of pyridine rings is 1. The lowest BCUT2D eigenvalue weighted by Crippen LogP contribution is -2.22.